The van der Waals surface area contributed by atoms with E-state index in [2.05, 4.69) is 24.1 Å². The Morgan fingerprint density at radius 2 is 1.69 bits per heavy atom. The van der Waals surface area contributed by atoms with Crippen LogP contribution in [0, 0.1) is 0 Å². The van der Waals surface area contributed by atoms with Crippen LogP contribution in [-0.2, 0) is 16.6 Å². The summed E-state index contributed by atoms with van der Waals surface area (Å²) in [6, 6.07) is 11.1. The van der Waals surface area contributed by atoms with E-state index >= 15 is 0 Å². The molecule has 6 heteroatoms. The lowest BCUT2D eigenvalue weighted by Gasteiger charge is -2.34. The molecule has 0 amide bonds. The van der Waals surface area contributed by atoms with E-state index in [1.807, 2.05) is 24.3 Å². The van der Waals surface area contributed by atoms with Crippen molar-refractivity contribution in [1.29, 1.82) is 0 Å². The van der Waals surface area contributed by atoms with Gasteiger partial charge >= 0.3 is 0 Å². The normalized spacial score (nSPS) is 16.3. The standard InChI is InChI=1S/C20H27N3O2S/c1-16(2)18-3-5-20(6-4-18)26(24,25)23(19-9-13-22-14-10-19)15-17-7-11-21-12-8-17/h3-8,11-12,16,19,22H,9-10,13-15H2,1-2H3. The molecule has 1 aromatic carbocycles. The average molecular weight is 374 g/mol. The minimum absolute atomic E-state index is 0.0131. The molecule has 1 saturated heterocycles. The zero-order chi connectivity index (χ0) is 18.6. The van der Waals surface area contributed by atoms with Gasteiger partial charge in [0.15, 0.2) is 0 Å². The van der Waals surface area contributed by atoms with Gasteiger partial charge in [-0.15, -0.1) is 0 Å². The molecule has 1 aromatic heterocycles. The minimum atomic E-state index is -3.56. The molecule has 0 saturated carbocycles. The lowest BCUT2D eigenvalue weighted by atomic mass is 10.0. The summed E-state index contributed by atoms with van der Waals surface area (Å²) in [4.78, 5) is 4.40. The van der Waals surface area contributed by atoms with Gasteiger partial charge in [-0.25, -0.2) is 8.42 Å². The Balaban J connectivity index is 1.93. The number of piperidine rings is 1. The average Bonchev–Trinajstić information content (AvgIpc) is 2.67. The monoisotopic (exact) mass is 373 g/mol. The summed E-state index contributed by atoms with van der Waals surface area (Å²) in [5.41, 5.74) is 2.10. The topological polar surface area (TPSA) is 62.3 Å². The van der Waals surface area contributed by atoms with Crippen molar-refractivity contribution in [2.24, 2.45) is 0 Å². The molecule has 0 aliphatic carbocycles. The third-order valence-corrected chi connectivity index (χ3v) is 6.87. The van der Waals surface area contributed by atoms with E-state index in [4.69, 9.17) is 0 Å². The lowest BCUT2D eigenvalue weighted by molar-refractivity contribution is 0.256. The third kappa shape index (κ3) is 4.31. The van der Waals surface area contributed by atoms with Crippen LogP contribution in [0.1, 0.15) is 43.7 Å². The predicted molar refractivity (Wildman–Crippen MR) is 103 cm³/mol. The molecule has 1 N–H and O–H groups in total. The quantitative estimate of drug-likeness (QED) is 0.845. The van der Waals surface area contributed by atoms with Crippen LogP contribution in [-0.4, -0.2) is 36.8 Å². The largest absolute Gasteiger partial charge is 0.317 e. The van der Waals surface area contributed by atoms with Gasteiger partial charge in [0.25, 0.3) is 0 Å². The molecule has 0 radical (unpaired) electrons. The molecule has 26 heavy (non-hydrogen) atoms. The number of aromatic nitrogens is 1. The number of hydrogen-bond donors (Lipinski definition) is 1. The third-order valence-electron chi connectivity index (χ3n) is 4.96. The molecule has 1 fully saturated rings. The van der Waals surface area contributed by atoms with Crippen LogP contribution in [0.3, 0.4) is 0 Å². The Labute approximate surface area is 156 Å². The fourth-order valence-corrected chi connectivity index (χ4v) is 5.01. The molecular formula is C20H27N3O2S. The molecule has 0 unspecified atom stereocenters. The van der Waals surface area contributed by atoms with E-state index in [0.29, 0.717) is 17.4 Å². The van der Waals surface area contributed by atoms with Gasteiger partial charge in [0.1, 0.15) is 0 Å². The summed E-state index contributed by atoms with van der Waals surface area (Å²) >= 11 is 0. The summed E-state index contributed by atoms with van der Waals surface area (Å²) in [6.07, 6.45) is 5.07. The molecule has 2 heterocycles. The highest BCUT2D eigenvalue weighted by Crippen LogP contribution is 2.26. The predicted octanol–water partition coefficient (Wildman–Crippen LogP) is 3.15. The molecule has 0 atom stereocenters. The highest BCUT2D eigenvalue weighted by atomic mass is 32.2. The van der Waals surface area contributed by atoms with Crippen LogP contribution < -0.4 is 5.32 Å². The zero-order valence-corrected chi connectivity index (χ0v) is 16.2. The first-order valence-electron chi connectivity index (χ1n) is 9.20. The van der Waals surface area contributed by atoms with E-state index < -0.39 is 10.0 Å². The fourth-order valence-electron chi connectivity index (χ4n) is 3.33. The molecule has 0 bridgehead atoms. The molecule has 0 spiro atoms. The fraction of sp³-hybridized carbons (Fsp3) is 0.450. The first kappa shape index (κ1) is 19.0. The summed E-state index contributed by atoms with van der Waals surface area (Å²) in [5.74, 6) is 0.379. The molecule has 3 rings (SSSR count). The van der Waals surface area contributed by atoms with Gasteiger partial charge in [-0.3, -0.25) is 4.98 Å². The van der Waals surface area contributed by atoms with Crippen LogP contribution >= 0.6 is 0 Å². The van der Waals surface area contributed by atoms with Crippen LogP contribution in [0.5, 0.6) is 0 Å². The van der Waals surface area contributed by atoms with Gasteiger partial charge in [-0.2, -0.15) is 4.31 Å². The maximum absolute atomic E-state index is 13.4. The minimum Gasteiger partial charge on any atom is -0.317 e. The number of sulfonamides is 1. The van der Waals surface area contributed by atoms with E-state index in [-0.39, 0.29) is 6.04 Å². The van der Waals surface area contributed by atoms with Crippen molar-refractivity contribution >= 4 is 10.0 Å². The van der Waals surface area contributed by atoms with E-state index in [1.54, 1.807) is 28.8 Å². The van der Waals surface area contributed by atoms with Crippen LogP contribution in [0.4, 0.5) is 0 Å². The maximum atomic E-state index is 13.4. The number of nitrogens with one attached hydrogen (secondary N) is 1. The summed E-state index contributed by atoms with van der Waals surface area (Å²) < 4.78 is 28.5. The SMILES string of the molecule is CC(C)c1ccc(S(=O)(=O)N(Cc2ccncc2)C2CCNCC2)cc1. The van der Waals surface area contributed by atoms with Gasteiger partial charge in [-0.05, 0) is 67.2 Å². The zero-order valence-electron chi connectivity index (χ0n) is 15.4. The molecule has 2 aromatic rings. The maximum Gasteiger partial charge on any atom is 0.243 e. The second-order valence-electron chi connectivity index (χ2n) is 7.11. The van der Waals surface area contributed by atoms with Gasteiger partial charge in [0.2, 0.25) is 10.0 Å². The Kier molecular flexibility index (Phi) is 6.06. The van der Waals surface area contributed by atoms with Crippen LogP contribution in [0.15, 0.2) is 53.7 Å². The second-order valence-corrected chi connectivity index (χ2v) is 9.00. The number of nitrogens with zero attached hydrogens (tertiary/aromatic N) is 2. The summed E-state index contributed by atoms with van der Waals surface area (Å²) in [5, 5.41) is 3.31. The van der Waals surface area contributed by atoms with Gasteiger partial charge in [0.05, 0.1) is 4.90 Å². The smallest absolute Gasteiger partial charge is 0.243 e. The lowest BCUT2D eigenvalue weighted by Crippen LogP contribution is -2.45. The summed E-state index contributed by atoms with van der Waals surface area (Å²) in [7, 11) is -3.56. The molecule has 5 nitrogen and oxygen atoms in total. The highest BCUT2D eigenvalue weighted by Gasteiger charge is 2.32. The Morgan fingerprint density at radius 1 is 1.08 bits per heavy atom. The van der Waals surface area contributed by atoms with Gasteiger partial charge in [-0.1, -0.05) is 26.0 Å². The molecule has 1 aliphatic rings. The van der Waals surface area contributed by atoms with Crippen molar-refractivity contribution in [3.05, 3.63) is 59.9 Å². The van der Waals surface area contributed by atoms with E-state index in [1.165, 1.54) is 0 Å². The van der Waals surface area contributed by atoms with Crippen LogP contribution in [0.25, 0.3) is 0 Å². The number of benzene rings is 1. The number of rotatable bonds is 6. The molecule has 140 valence electrons. The molecule has 1 aliphatic heterocycles. The summed E-state index contributed by atoms with van der Waals surface area (Å²) in [6.45, 7) is 6.28. The number of hydrogen-bond acceptors (Lipinski definition) is 4. The van der Waals surface area contributed by atoms with Gasteiger partial charge < -0.3 is 5.32 Å². The van der Waals surface area contributed by atoms with Gasteiger partial charge in [0, 0.05) is 25.0 Å². The Bertz CT molecular complexity index is 799. The number of pyridine rings is 1. The van der Waals surface area contributed by atoms with Crippen molar-refractivity contribution in [3.8, 4) is 0 Å². The van der Waals surface area contributed by atoms with E-state index in [9.17, 15) is 8.42 Å². The Hall–Kier alpha value is -1.76. The Morgan fingerprint density at radius 3 is 2.27 bits per heavy atom. The first-order chi connectivity index (χ1) is 12.5. The van der Waals surface area contributed by atoms with Crippen molar-refractivity contribution in [3.63, 3.8) is 0 Å². The highest BCUT2D eigenvalue weighted by molar-refractivity contribution is 7.89. The second kappa shape index (κ2) is 8.29. The van der Waals surface area contributed by atoms with E-state index in [0.717, 1.165) is 37.1 Å². The van der Waals surface area contributed by atoms with Crippen LogP contribution in [0.2, 0.25) is 0 Å². The van der Waals surface area contributed by atoms with Crippen molar-refractivity contribution < 1.29 is 8.42 Å². The molecular weight excluding hydrogens is 346 g/mol. The van der Waals surface area contributed by atoms with Crippen molar-refractivity contribution in [1.82, 2.24) is 14.6 Å². The first-order valence-corrected chi connectivity index (χ1v) is 10.6. The van der Waals surface area contributed by atoms with Crippen molar-refractivity contribution in [2.75, 3.05) is 13.1 Å². The van der Waals surface area contributed by atoms with Crippen molar-refractivity contribution in [2.45, 2.75) is 50.1 Å².